The smallest absolute Gasteiger partial charge is 0.128 e. The largest absolute Gasteiger partial charge is 0.360 e. The van der Waals surface area contributed by atoms with Gasteiger partial charge in [0.15, 0.2) is 0 Å². The van der Waals surface area contributed by atoms with E-state index in [1.807, 2.05) is 7.05 Å². The van der Waals surface area contributed by atoms with Crippen molar-refractivity contribution in [1.82, 2.24) is 10.3 Å². The molecule has 0 amide bonds. The normalized spacial score (nSPS) is 10.7. The van der Waals surface area contributed by atoms with Crippen molar-refractivity contribution in [3.05, 3.63) is 23.4 Å². The standard InChI is InChI=1S/C16H29N3/c1-5-7-8-10-19(4)16-12-14(13-17-3)11-15(18-16)9-6-2/h11-12,17H,5-10,13H2,1-4H3. The molecule has 0 aromatic carbocycles. The van der Waals surface area contributed by atoms with E-state index in [1.165, 1.54) is 30.5 Å². The first-order valence-electron chi connectivity index (χ1n) is 7.56. The number of aryl methyl sites for hydroxylation is 1. The van der Waals surface area contributed by atoms with Crippen LogP contribution in [0.2, 0.25) is 0 Å². The van der Waals surface area contributed by atoms with Gasteiger partial charge in [0, 0.05) is 25.8 Å². The van der Waals surface area contributed by atoms with Gasteiger partial charge >= 0.3 is 0 Å². The van der Waals surface area contributed by atoms with Crippen LogP contribution in [0.1, 0.15) is 50.8 Å². The van der Waals surface area contributed by atoms with Gasteiger partial charge < -0.3 is 10.2 Å². The number of anilines is 1. The molecule has 0 spiro atoms. The van der Waals surface area contributed by atoms with Gasteiger partial charge in [-0.2, -0.15) is 0 Å². The van der Waals surface area contributed by atoms with Crippen molar-refractivity contribution >= 4 is 5.82 Å². The summed E-state index contributed by atoms with van der Waals surface area (Å²) in [7, 11) is 4.14. The van der Waals surface area contributed by atoms with Crippen LogP contribution in [0.15, 0.2) is 12.1 Å². The van der Waals surface area contributed by atoms with E-state index in [0.29, 0.717) is 0 Å². The molecule has 1 N–H and O–H groups in total. The summed E-state index contributed by atoms with van der Waals surface area (Å²) in [5.74, 6) is 1.12. The number of nitrogens with zero attached hydrogens (tertiary/aromatic N) is 2. The van der Waals surface area contributed by atoms with Crippen LogP contribution in [0.25, 0.3) is 0 Å². The van der Waals surface area contributed by atoms with Crippen LogP contribution in [0.4, 0.5) is 5.82 Å². The first kappa shape index (κ1) is 16.0. The van der Waals surface area contributed by atoms with Gasteiger partial charge in [-0.05, 0) is 37.6 Å². The average molecular weight is 263 g/mol. The highest BCUT2D eigenvalue weighted by Crippen LogP contribution is 2.16. The number of hydrogen-bond acceptors (Lipinski definition) is 3. The zero-order valence-electron chi connectivity index (χ0n) is 13.0. The van der Waals surface area contributed by atoms with Crippen molar-refractivity contribution in [1.29, 1.82) is 0 Å². The zero-order chi connectivity index (χ0) is 14.1. The number of nitrogens with one attached hydrogen (secondary N) is 1. The van der Waals surface area contributed by atoms with Crippen LogP contribution in [-0.2, 0) is 13.0 Å². The maximum absolute atomic E-state index is 4.78. The minimum atomic E-state index is 0.912. The summed E-state index contributed by atoms with van der Waals surface area (Å²) in [4.78, 5) is 7.07. The van der Waals surface area contributed by atoms with Crippen LogP contribution in [-0.4, -0.2) is 25.6 Å². The SMILES string of the molecule is CCCCCN(C)c1cc(CNC)cc(CCC)n1. The fraction of sp³-hybridized carbons (Fsp3) is 0.688. The number of rotatable bonds is 9. The van der Waals surface area contributed by atoms with E-state index >= 15 is 0 Å². The van der Waals surface area contributed by atoms with E-state index in [9.17, 15) is 0 Å². The molecule has 1 heterocycles. The molecular formula is C16H29N3. The number of hydrogen-bond donors (Lipinski definition) is 1. The molecule has 0 bridgehead atoms. The minimum Gasteiger partial charge on any atom is -0.360 e. The van der Waals surface area contributed by atoms with Crippen molar-refractivity contribution in [2.75, 3.05) is 25.5 Å². The predicted octanol–water partition coefficient (Wildman–Crippen LogP) is 3.38. The molecule has 0 aliphatic heterocycles. The van der Waals surface area contributed by atoms with Crippen molar-refractivity contribution in [2.24, 2.45) is 0 Å². The molecule has 19 heavy (non-hydrogen) atoms. The Bertz CT molecular complexity index is 339. The third kappa shape index (κ3) is 5.60. The monoisotopic (exact) mass is 263 g/mol. The van der Waals surface area contributed by atoms with E-state index in [2.05, 4.69) is 43.2 Å². The second-order valence-corrected chi connectivity index (χ2v) is 5.23. The fourth-order valence-corrected chi connectivity index (χ4v) is 2.23. The quantitative estimate of drug-likeness (QED) is 0.692. The Balaban J connectivity index is 2.78. The van der Waals surface area contributed by atoms with Gasteiger partial charge in [-0.1, -0.05) is 33.1 Å². The Morgan fingerprint density at radius 3 is 2.58 bits per heavy atom. The minimum absolute atomic E-state index is 0.912. The van der Waals surface area contributed by atoms with Crippen LogP contribution in [0.5, 0.6) is 0 Å². The van der Waals surface area contributed by atoms with E-state index in [1.54, 1.807) is 0 Å². The van der Waals surface area contributed by atoms with E-state index in [0.717, 1.165) is 31.7 Å². The molecule has 0 radical (unpaired) electrons. The number of pyridine rings is 1. The van der Waals surface area contributed by atoms with Crippen molar-refractivity contribution in [3.63, 3.8) is 0 Å². The Kier molecular flexibility index (Phi) is 7.49. The molecule has 0 atom stereocenters. The van der Waals surface area contributed by atoms with Crippen molar-refractivity contribution < 1.29 is 0 Å². The lowest BCUT2D eigenvalue weighted by Gasteiger charge is -2.20. The summed E-state index contributed by atoms with van der Waals surface area (Å²) in [6.45, 7) is 6.45. The molecule has 0 unspecified atom stereocenters. The molecule has 0 saturated heterocycles. The molecule has 1 rings (SSSR count). The molecule has 1 aromatic rings. The summed E-state index contributed by atoms with van der Waals surface area (Å²) >= 11 is 0. The van der Waals surface area contributed by atoms with Crippen LogP contribution < -0.4 is 10.2 Å². The molecule has 0 aliphatic rings. The molecule has 3 nitrogen and oxygen atoms in total. The Hall–Kier alpha value is -1.09. The van der Waals surface area contributed by atoms with Gasteiger partial charge in [0.25, 0.3) is 0 Å². The highest BCUT2D eigenvalue weighted by molar-refractivity contribution is 5.42. The van der Waals surface area contributed by atoms with Gasteiger partial charge in [-0.25, -0.2) is 4.98 Å². The topological polar surface area (TPSA) is 28.2 Å². The highest BCUT2D eigenvalue weighted by atomic mass is 15.2. The Morgan fingerprint density at radius 2 is 1.95 bits per heavy atom. The third-order valence-corrected chi connectivity index (χ3v) is 3.30. The number of aromatic nitrogens is 1. The van der Waals surface area contributed by atoms with Crippen LogP contribution in [0, 0.1) is 0 Å². The molecule has 108 valence electrons. The van der Waals surface area contributed by atoms with Gasteiger partial charge in [-0.3, -0.25) is 0 Å². The van der Waals surface area contributed by atoms with Crippen molar-refractivity contribution in [2.45, 2.75) is 52.5 Å². The van der Waals surface area contributed by atoms with E-state index < -0.39 is 0 Å². The highest BCUT2D eigenvalue weighted by Gasteiger charge is 2.06. The molecule has 3 heteroatoms. The van der Waals surface area contributed by atoms with E-state index in [4.69, 9.17) is 4.98 Å². The lowest BCUT2D eigenvalue weighted by molar-refractivity contribution is 0.698. The third-order valence-electron chi connectivity index (χ3n) is 3.30. The van der Waals surface area contributed by atoms with Crippen LogP contribution >= 0.6 is 0 Å². The number of unbranched alkanes of at least 4 members (excludes halogenated alkanes) is 2. The second kappa shape index (κ2) is 8.92. The van der Waals surface area contributed by atoms with Gasteiger partial charge in [0.05, 0.1) is 0 Å². The first-order valence-corrected chi connectivity index (χ1v) is 7.56. The van der Waals surface area contributed by atoms with Crippen LogP contribution in [0.3, 0.4) is 0 Å². The maximum atomic E-state index is 4.78. The summed E-state index contributed by atoms with van der Waals surface area (Å²) in [5.41, 5.74) is 2.55. The summed E-state index contributed by atoms with van der Waals surface area (Å²) in [5, 5.41) is 3.23. The Morgan fingerprint density at radius 1 is 1.16 bits per heavy atom. The van der Waals surface area contributed by atoms with Gasteiger partial charge in [0.1, 0.15) is 5.82 Å². The van der Waals surface area contributed by atoms with Crippen molar-refractivity contribution in [3.8, 4) is 0 Å². The molecule has 0 aliphatic carbocycles. The summed E-state index contributed by atoms with van der Waals surface area (Å²) < 4.78 is 0. The molecule has 0 saturated carbocycles. The van der Waals surface area contributed by atoms with Gasteiger partial charge in [-0.15, -0.1) is 0 Å². The second-order valence-electron chi connectivity index (χ2n) is 5.23. The average Bonchev–Trinajstić information content (AvgIpc) is 2.39. The lowest BCUT2D eigenvalue weighted by Crippen LogP contribution is -2.21. The molecular weight excluding hydrogens is 234 g/mol. The lowest BCUT2D eigenvalue weighted by atomic mass is 10.1. The van der Waals surface area contributed by atoms with E-state index in [-0.39, 0.29) is 0 Å². The molecule has 0 fully saturated rings. The Labute approximate surface area is 118 Å². The zero-order valence-corrected chi connectivity index (χ0v) is 13.0. The summed E-state index contributed by atoms with van der Waals surface area (Å²) in [6, 6.07) is 4.44. The molecule has 1 aromatic heterocycles. The predicted molar refractivity (Wildman–Crippen MR) is 83.8 cm³/mol. The first-order chi connectivity index (χ1) is 9.21. The summed E-state index contributed by atoms with van der Waals surface area (Å²) in [6.07, 6.45) is 6.01. The fourth-order valence-electron chi connectivity index (χ4n) is 2.23. The maximum Gasteiger partial charge on any atom is 0.128 e. The van der Waals surface area contributed by atoms with Gasteiger partial charge in [0.2, 0.25) is 0 Å².